The van der Waals surface area contributed by atoms with Gasteiger partial charge in [0.1, 0.15) is 0 Å². The summed E-state index contributed by atoms with van der Waals surface area (Å²) < 4.78 is 28.8. The molecule has 0 spiro atoms. The van der Waals surface area contributed by atoms with E-state index in [-0.39, 0.29) is 0 Å². The molecule has 0 aliphatic rings. The Morgan fingerprint density at radius 1 is 1.19 bits per heavy atom. The largest absolute Gasteiger partial charge is 0.298 e. The first-order valence-electron chi connectivity index (χ1n) is 3.91. The zero-order chi connectivity index (χ0) is 12.8. The minimum absolute atomic E-state index is 0.479. The van der Waals surface area contributed by atoms with Crippen molar-refractivity contribution in [3.05, 3.63) is 45.9 Å². The standard InChI is InChI=1S/C6H3Cl3.C3H5O3S/c7-4-1-2-5(8)6(9)3-4;1-2-3-7(4,5)6/h1-3H;2H,1,3H2. The van der Waals surface area contributed by atoms with Crippen LogP contribution in [0, 0.1) is 0 Å². The molecule has 1 rings (SSSR count). The normalized spacial score (nSPS) is 10.2. The summed E-state index contributed by atoms with van der Waals surface area (Å²) in [5.41, 5.74) is 0. The lowest BCUT2D eigenvalue weighted by atomic mass is 10.4. The molecule has 0 saturated heterocycles. The van der Waals surface area contributed by atoms with Gasteiger partial charge in [-0.15, -0.1) is 6.58 Å². The van der Waals surface area contributed by atoms with Crippen molar-refractivity contribution in [1.82, 2.24) is 0 Å². The lowest BCUT2D eigenvalue weighted by Gasteiger charge is -1.92. The second kappa shape index (κ2) is 7.14. The Balaban J connectivity index is 0.000000293. The van der Waals surface area contributed by atoms with Gasteiger partial charge < -0.3 is 0 Å². The van der Waals surface area contributed by atoms with Gasteiger partial charge in [0.2, 0.25) is 0 Å². The number of hydrogen-bond donors (Lipinski definition) is 0. The minimum Gasteiger partial charge on any atom is -0.197 e. The van der Waals surface area contributed by atoms with E-state index in [4.69, 9.17) is 34.8 Å². The molecule has 1 aromatic carbocycles. The molecular weight excluding hydrogens is 295 g/mol. The smallest absolute Gasteiger partial charge is 0.197 e. The first-order valence-corrected chi connectivity index (χ1v) is 6.62. The maximum absolute atomic E-state index is 9.60. The summed E-state index contributed by atoms with van der Waals surface area (Å²) >= 11 is 16.8. The molecule has 89 valence electrons. The van der Waals surface area contributed by atoms with Crippen LogP contribution in [0.4, 0.5) is 0 Å². The molecule has 0 atom stereocenters. The Labute approximate surface area is 109 Å². The Morgan fingerprint density at radius 2 is 1.75 bits per heavy atom. The molecule has 3 nitrogen and oxygen atoms in total. The van der Waals surface area contributed by atoms with Crippen LogP contribution in [0.25, 0.3) is 0 Å². The Bertz CT molecular complexity index is 457. The van der Waals surface area contributed by atoms with E-state index in [1.165, 1.54) is 0 Å². The summed E-state index contributed by atoms with van der Waals surface area (Å²) in [5.74, 6) is -0.479. The molecule has 0 saturated carbocycles. The van der Waals surface area contributed by atoms with Gasteiger partial charge in [0.05, 0.1) is 15.8 Å². The molecule has 0 N–H and O–H groups in total. The summed E-state index contributed by atoms with van der Waals surface area (Å²) in [6.07, 6.45) is 1.06. The highest BCUT2D eigenvalue weighted by molar-refractivity contribution is 7.85. The van der Waals surface area contributed by atoms with Crippen LogP contribution in [0.3, 0.4) is 0 Å². The Hall–Kier alpha value is -0.260. The number of hydrogen-bond acceptors (Lipinski definition) is 2. The molecule has 0 bridgehead atoms. The van der Waals surface area contributed by atoms with Gasteiger partial charge in [-0.1, -0.05) is 45.4 Å². The SMILES string of the molecule is C=CCS([O])(=O)=O.Clc1ccc(Cl)c(Cl)c1. The zero-order valence-corrected chi connectivity index (χ0v) is 11.1. The second-order valence-corrected chi connectivity index (χ2v) is 5.27. The quantitative estimate of drug-likeness (QED) is 0.619. The molecule has 0 fully saturated rings. The van der Waals surface area contributed by atoms with Crippen molar-refractivity contribution in [3.8, 4) is 0 Å². The molecule has 1 aromatic rings. The molecule has 0 heterocycles. The van der Waals surface area contributed by atoms with Crippen LogP contribution in [0.1, 0.15) is 0 Å². The van der Waals surface area contributed by atoms with E-state index in [2.05, 4.69) is 6.58 Å². The van der Waals surface area contributed by atoms with E-state index in [0.717, 1.165) is 6.08 Å². The first kappa shape index (κ1) is 15.7. The Kier molecular flexibility index (Phi) is 7.03. The summed E-state index contributed by atoms with van der Waals surface area (Å²) in [5, 5.41) is 1.62. The van der Waals surface area contributed by atoms with E-state index in [1.807, 2.05) is 0 Å². The summed E-state index contributed by atoms with van der Waals surface area (Å²) in [6, 6.07) is 4.95. The third-order valence-corrected chi connectivity index (χ3v) is 2.82. The molecular formula is C9H8Cl3O3S. The predicted molar refractivity (Wildman–Crippen MR) is 66.1 cm³/mol. The molecule has 16 heavy (non-hydrogen) atoms. The average Bonchev–Trinajstić information content (AvgIpc) is 2.11. The third kappa shape index (κ3) is 7.96. The van der Waals surface area contributed by atoms with Crippen molar-refractivity contribution in [2.45, 2.75) is 0 Å². The van der Waals surface area contributed by atoms with Crippen molar-refractivity contribution < 1.29 is 13.0 Å². The lowest BCUT2D eigenvalue weighted by molar-refractivity contribution is 0.417. The Morgan fingerprint density at radius 3 is 2.00 bits per heavy atom. The highest BCUT2D eigenvalue weighted by atomic mass is 35.5. The second-order valence-electron chi connectivity index (χ2n) is 2.57. The van der Waals surface area contributed by atoms with Crippen LogP contribution >= 0.6 is 34.8 Å². The van der Waals surface area contributed by atoms with Gasteiger partial charge in [0.25, 0.3) is 10.1 Å². The van der Waals surface area contributed by atoms with E-state index < -0.39 is 15.9 Å². The van der Waals surface area contributed by atoms with Crippen LogP contribution in [-0.2, 0) is 14.7 Å². The summed E-state index contributed by atoms with van der Waals surface area (Å²) in [7, 11) is -4.04. The fourth-order valence-electron chi connectivity index (χ4n) is 0.615. The fraction of sp³-hybridized carbons (Fsp3) is 0.111. The number of rotatable bonds is 2. The van der Waals surface area contributed by atoms with Crippen LogP contribution in [0.5, 0.6) is 0 Å². The molecule has 0 unspecified atom stereocenters. The van der Waals surface area contributed by atoms with E-state index >= 15 is 0 Å². The van der Waals surface area contributed by atoms with Crippen molar-refractivity contribution in [3.63, 3.8) is 0 Å². The average molecular weight is 303 g/mol. The monoisotopic (exact) mass is 301 g/mol. The summed E-state index contributed by atoms with van der Waals surface area (Å²) in [6.45, 7) is 3.07. The zero-order valence-electron chi connectivity index (χ0n) is 7.99. The van der Waals surface area contributed by atoms with Gasteiger partial charge in [-0.2, -0.15) is 8.42 Å². The molecule has 0 aromatic heterocycles. The molecule has 0 aliphatic heterocycles. The molecule has 7 heteroatoms. The van der Waals surface area contributed by atoms with E-state index in [9.17, 15) is 13.0 Å². The van der Waals surface area contributed by atoms with Crippen LogP contribution in [0.15, 0.2) is 30.9 Å². The van der Waals surface area contributed by atoms with Gasteiger partial charge in [0.15, 0.2) is 0 Å². The maximum atomic E-state index is 9.60. The van der Waals surface area contributed by atoms with Gasteiger partial charge in [-0.25, -0.2) is 0 Å². The minimum atomic E-state index is -4.04. The van der Waals surface area contributed by atoms with Gasteiger partial charge in [0, 0.05) is 5.02 Å². The van der Waals surface area contributed by atoms with Crippen LogP contribution < -0.4 is 0 Å². The lowest BCUT2D eigenvalue weighted by Crippen LogP contribution is -1.97. The van der Waals surface area contributed by atoms with Crippen molar-refractivity contribution in [2.75, 3.05) is 5.75 Å². The van der Waals surface area contributed by atoms with Crippen molar-refractivity contribution in [1.29, 1.82) is 0 Å². The highest BCUT2D eigenvalue weighted by Gasteiger charge is 1.99. The maximum Gasteiger partial charge on any atom is 0.298 e. The van der Waals surface area contributed by atoms with Gasteiger partial charge in [-0.05, 0) is 18.2 Å². The van der Waals surface area contributed by atoms with E-state index in [1.54, 1.807) is 18.2 Å². The van der Waals surface area contributed by atoms with Crippen molar-refractivity contribution in [2.24, 2.45) is 0 Å². The van der Waals surface area contributed by atoms with Gasteiger partial charge >= 0.3 is 0 Å². The number of benzene rings is 1. The van der Waals surface area contributed by atoms with Crippen LogP contribution in [0.2, 0.25) is 15.1 Å². The molecule has 0 aliphatic carbocycles. The molecule has 0 amide bonds. The topological polar surface area (TPSA) is 54.0 Å². The third-order valence-electron chi connectivity index (χ3n) is 1.20. The van der Waals surface area contributed by atoms with Crippen LogP contribution in [-0.4, -0.2) is 14.2 Å². The van der Waals surface area contributed by atoms with E-state index in [0.29, 0.717) is 15.1 Å². The van der Waals surface area contributed by atoms with Gasteiger partial charge in [-0.3, -0.25) is 0 Å². The highest BCUT2D eigenvalue weighted by Crippen LogP contribution is 2.24. The number of halogens is 3. The fourth-order valence-corrected chi connectivity index (χ4v) is 1.43. The molecule has 1 radical (unpaired) electrons. The first-order chi connectivity index (χ1) is 7.26. The predicted octanol–water partition coefficient (Wildman–Crippen LogP) is 3.58. The van der Waals surface area contributed by atoms with Crippen molar-refractivity contribution >= 4 is 44.9 Å². The summed E-state index contributed by atoms with van der Waals surface area (Å²) in [4.78, 5) is 0.